The zero-order chi connectivity index (χ0) is 15.9. The quantitative estimate of drug-likeness (QED) is 0.815. The number of hydrogen-bond acceptors (Lipinski definition) is 5. The van der Waals surface area contributed by atoms with Gasteiger partial charge in [0.25, 0.3) is 0 Å². The molecule has 0 amide bonds. The molecule has 0 saturated heterocycles. The molecule has 1 aromatic heterocycles. The van der Waals surface area contributed by atoms with Crippen LogP contribution in [0.3, 0.4) is 0 Å². The molecule has 1 atom stereocenters. The second-order valence-corrected chi connectivity index (χ2v) is 6.38. The molecule has 0 bridgehead atoms. The number of nitrogens with zero attached hydrogens (tertiary/aromatic N) is 2. The maximum atomic E-state index is 11.3. The van der Waals surface area contributed by atoms with Crippen LogP contribution in [0.5, 0.6) is 0 Å². The van der Waals surface area contributed by atoms with Gasteiger partial charge in [-0.2, -0.15) is 0 Å². The lowest BCUT2D eigenvalue weighted by Gasteiger charge is -2.17. The van der Waals surface area contributed by atoms with Gasteiger partial charge >= 0.3 is 0 Å². The minimum Gasteiger partial charge on any atom is -0.395 e. The molecule has 1 heterocycles. The molecule has 0 saturated carbocycles. The molecule has 0 aliphatic heterocycles. The molecule has 0 aliphatic rings. The number of pyridine rings is 1. The van der Waals surface area contributed by atoms with Gasteiger partial charge in [-0.25, -0.2) is 4.98 Å². The molecule has 0 aliphatic carbocycles. The number of benzene rings is 1. The molecule has 118 valence electrons. The molecule has 0 radical (unpaired) electrons. The first-order valence-electron chi connectivity index (χ1n) is 7.04. The van der Waals surface area contributed by atoms with Crippen molar-refractivity contribution in [3.05, 3.63) is 48.2 Å². The first-order valence-corrected chi connectivity index (χ1v) is 8.60. The predicted molar refractivity (Wildman–Crippen MR) is 90.7 cm³/mol. The van der Waals surface area contributed by atoms with Gasteiger partial charge in [-0.1, -0.05) is 12.1 Å². The van der Waals surface area contributed by atoms with Crippen molar-refractivity contribution in [2.45, 2.75) is 11.4 Å². The third-order valence-corrected chi connectivity index (χ3v) is 4.29. The van der Waals surface area contributed by atoms with Gasteiger partial charge in [-0.3, -0.25) is 4.21 Å². The summed E-state index contributed by atoms with van der Waals surface area (Å²) in [6, 6.07) is 11.6. The van der Waals surface area contributed by atoms with Crippen LogP contribution in [0, 0.1) is 0 Å². The predicted octanol–water partition coefficient (Wildman–Crippen LogP) is 1.86. The number of likely N-dealkylation sites (N-methyl/N-ethyl adjacent to an activating group) is 1. The number of anilines is 2. The van der Waals surface area contributed by atoms with Gasteiger partial charge in [0, 0.05) is 42.1 Å². The van der Waals surface area contributed by atoms with Crippen molar-refractivity contribution in [1.29, 1.82) is 0 Å². The zero-order valence-electron chi connectivity index (χ0n) is 12.8. The van der Waals surface area contributed by atoms with Crippen LogP contribution in [-0.2, 0) is 17.3 Å². The highest BCUT2D eigenvalue weighted by molar-refractivity contribution is 7.84. The van der Waals surface area contributed by atoms with E-state index in [2.05, 4.69) is 10.3 Å². The largest absolute Gasteiger partial charge is 0.395 e. The Labute approximate surface area is 133 Å². The van der Waals surface area contributed by atoms with E-state index in [4.69, 9.17) is 5.11 Å². The summed E-state index contributed by atoms with van der Waals surface area (Å²) in [5.41, 5.74) is 2.08. The summed E-state index contributed by atoms with van der Waals surface area (Å²) in [6.07, 6.45) is 3.45. The lowest BCUT2D eigenvalue weighted by molar-refractivity contribution is 0.304. The van der Waals surface area contributed by atoms with Crippen molar-refractivity contribution in [1.82, 2.24) is 4.98 Å². The monoisotopic (exact) mass is 319 g/mol. The summed E-state index contributed by atoms with van der Waals surface area (Å²) in [4.78, 5) is 7.14. The van der Waals surface area contributed by atoms with Crippen LogP contribution in [-0.4, -0.2) is 40.8 Å². The fraction of sp³-hybridized carbons (Fsp3) is 0.312. The van der Waals surface area contributed by atoms with Crippen molar-refractivity contribution >= 4 is 22.3 Å². The lowest BCUT2D eigenvalue weighted by atomic mass is 10.2. The average molecular weight is 319 g/mol. The van der Waals surface area contributed by atoms with E-state index in [1.54, 1.807) is 12.5 Å². The fourth-order valence-corrected chi connectivity index (χ4v) is 2.51. The highest BCUT2D eigenvalue weighted by atomic mass is 32.2. The standard InChI is InChI=1S/C16H21N3O2S/c1-19(9-10-20)14-5-8-16(18-12-14)17-11-13-3-6-15(7-4-13)22(2)21/h3-8,12,20H,9-11H2,1-2H3,(H,17,18). The molecule has 6 heteroatoms. The molecule has 22 heavy (non-hydrogen) atoms. The minimum absolute atomic E-state index is 0.120. The number of rotatable bonds is 7. The second kappa shape index (κ2) is 7.91. The smallest absolute Gasteiger partial charge is 0.126 e. The molecule has 2 rings (SSSR count). The van der Waals surface area contributed by atoms with E-state index in [0.29, 0.717) is 13.1 Å². The van der Waals surface area contributed by atoms with E-state index in [0.717, 1.165) is 22.0 Å². The van der Waals surface area contributed by atoms with Gasteiger partial charge < -0.3 is 15.3 Å². The third kappa shape index (κ3) is 4.54. The van der Waals surface area contributed by atoms with Crippen LogP contribution in [0.4, 0.5) is 11.5 Å². The molecule has 1 unspecified atom stereocenters. The minimum atomic E-state index is -0.941. The van der Waals surface area contributed by atoms with E-state index in [1.165, 1.54) is 0 Å². The van der Waals surface area contributed by atoms with Gasteiger partial charge in [0.1, 0.15) is 5.82 Å². The van der Waals surface area contributed by atoms with Gasteiger partial charge in [0.2, 0.25) is 0 Å². The Morgan fingerprint density at radius 2 is 1.95 bits per heavy atom. The van der Waals surface area contributed by atoms with Gasteiger partial charge in [-0.05, 0) is 29.8 Å². The second-order valence-electron chi connectivity index (χ2n) is 5.00. The van der Waals surface area contributed by atoms with Gasteiger partial charge in [0.05, 0.1) is 18.5 Å². The van der Waals surface area contributed by atoms with Crippen molar-refractivity contribution < 1.29 is 9.32 Å². The number of aromatic nitrogens is 1. The Balaban J connectivity index is 1.92. The molecular weight excluding hydrogens is 298 g/mol. The molecular formula is C16H21N3O2S. The maximum Gasteiger partial charge on any atom is 0.126 e. The maximum absolute atomic E-state index is 11.3. The third-order valence-electron chi connectivity index (χ3n) is 3.35. The molecule has 1 aromatic carbocycles. The first-order chi connectivity index (χ1) is 10.6. The summed E-state index contributed by atoms with van der Waals surface area (Å²) < 4.78 is 11.3. The highest BCUT2D eigenvalue weighted by Gasteiger charge is 2.02. The first kappa shape index (κ1) is 16.5. The molecule has 2 N–H and O–H groups in total. The Morgan fingerprint density at radius 3 is 2.50 bits per heavy atom. The number of aliphatic hydroxyl groups is 1. The summed E-state index contributed by atoms with van der Waals surface area (Å²) in [5.74, 6) is 0.796. The highest BCUT2D eigenvalue weighted by Crippen LogP contribution is 2.14. The summed E-state index contributed by atoms with van der Waals surface area (Å²) in [6.45, 7) is 1.37. The van der Waals surface area contributed by atoms with Crippen LogP contribution in [0.15, 0.2) is 47.5 Å². The van der Waals surface area contributed by atoms with Crippen LogP contribution in [0.1, 0.15) is 5.56 Å². The number of nitrogens with one attached hydrogen (secondary N) is 1. The summed E-state index contributed by atoms with van der Waals surface area (Å²) >= 11 is 0. The van der Waals surface area contributed by atoms with E-state index >= 15 is 0 Å². The molecule has 5 nitrogen and oxygen atoms in total. The van der Waals surface area contributed by atoms with Gasteiger partial charge in [-0.15, -0.1) is 0 Å². The Kier molecular flexibility index (Phi) is 5.91. The van der Waals surface area contributed by atoms with E-state index in [1.807, 2.05) is 48.3 Å². The Morgan fingerprint density at radius 1 is 1.23 bits per heavy atom. The number of aliphatic hydroxyl groups excluding tert-OH is 1. The van der Waals surface area contributed by atoms with Crippen LogP contribution in [0.25, 0.3) is 0 Å². The topological polar surface area (TPSA) is 65.5 Å². The number of hydrogen-bond donors (Lipinski definition) is 2. The van der Waals surface area contributed by atoms with E-state index in [9.17, 15) is 4.21 Å². The van der Waals surface area contributed by atoms with Crippen molar-refractivity contribution in [3.63, 3.8) is 0 Å². The normalized spacial score (nSPS) is 12.0. The summed E-state index contributed by atoms with van der Waals surface area (Å²) in [7, 11) is 0.975. The van der Waals surface area contributed by atoms with Crippen LogP contribution in [0.2, 0.25) is 0 Å². The molecule has 0 spiro atoms. The van der Waals surface area contributed by atoms with E-state index in [-0.39, 0.29) is 6.61 Å². The Bertz CT molecular complexity index is 614. The van der Waals surface area contributed by atoms with Crippen LogP contribution >= 0.6 is 0 Å². The molecule has 0 fully saturated rings. The Hall–Kier alpha value is -1.92. The fourth-order valence-electron chi connectivity index (χ4n) is 1.99. The van der Waals surface area contributed by atoms with E-state index < -0.39 is 10.8 Å². The van der Waals surface area contributed by atoms with Crippen molar-refractivity contribution in [2.75, 3.05) is 36.7 Å². The lowest BCUT2D eigenvalue weighted by Crippen LogP contribution is -2.21. The molecule has 2 aromatic rings. The zero-order valence-corrected chi connectivity index (χ0v) is 13.6. The average Bonchev–Trinajstić information content (AvgIpc) is 2.54. The van der Waals surface area contributed by atoms with Crippen molar-refractivity contribution in [2.24, 2.45) is 0 Å². The van der Waals surface area contributed by atoms with Crippen LogP contribution < -0.4 is 10.2 Å². The van der Waals surface area contributed by atoms with Gasteiger partial charge in [0.15, 0.2) is 0 Å². The summed E-state index contributed by atoms with van der Waals surface area (Å²) in [5, 5.41) is 12.2. The SMILES string of the molecule is CN(CCO)c1ccc(NCc2ccc(S(C)=O)cc2)nc1. The van der Waals surface area contributed by atoms with Crippen molar-refractivity contribution in [3.8, 4) is 0 Å².